The third-order valence-electron chi connectivity index (χ3n) is 9.90. The van der Waals surface area contributed by atoms with Crippen molar-refractivity contribution in [1.29, 1.82) is 0 Å². The van der Waals surface area contributed by atoms with Crippen LogP contribution in [0, 0.1) is 0 Å². The molecule has 2 aliphatic heterocycles. The molecule has 0 aliphatic carbocycles. The van der Waals surface area contributed by atoms with Crippen LogP contribution in [0.3, 0.4) is 0 Å². The molecule has 5 aromatic rings. The molecule has 2 aromatic heterocycles. The lowest BCUT2D eigenvalue weighted by molar-refractivity contribution is -0.147. The van der Waals surface area contributed by atoms with Crippen LogP contribution in [0.15, 0.2) is 65.3 Å². The van der Waals surface area contributed by atoms with Crippen molar-refractivity contribution in [2.24, 2.45) is 0 Å². The zero-order chi connectivity index (χ0) is 37.2. The molecule has 278 valence electrons. The first kappa shape index (κ1) is 36.4. The molecule has 3 aromatic carbocycles. The van der Waals surface area contributed by atoms with Gasteiger partial charge >= 0.3 is 0 Å². The largest absolute Gasteiger partial charge is 0.497 e. The Morgan fingerprint density at radius 2 is 1.58 bits per heavy atom. The van der Waals surface area contributed by atoms with Crippen LogP contribution in [0.4, 0.5) is 11.7 Å². The van der Waals surface area contributed by atoms with E-state index in [0.717, 1.165) is 27.9 Å². The van der Waals surface area contributed by atoms with E-state index in [-0.39, 0.29) is 11.9 Å². The minimum atomic E-state index is -0.696. The molecule has 7 rings (SSSR count). The first-order valence-corrected chi connectivity index (χ1v) is 18.0. The Morgan fingerprint density at radius 3 is 2.23 bits per heavy atom. The third kappa shape index (κ3) is 7.36. The zero-order valence-electron chi connectivity index (χ0n) is 30.2. The fraction of sp³-hybridized carbons (Fsp3) is 0.359. The van der Waals surface area contributed by atoms with E-state index in [1.54, 1.807) is 46.9 Å². The van der Waals surface area contributed by atoms with Gasteiger partial charge in [0.25, 0.3) is 11.9 Å². The molecule has 12 nitrogen and oxygen atoms in total. The van der Waals surface area contributed by atoms with E-state index in [1.165, 1.54) is 0 Å². The summed E-state index contributed by atoms with van der Waals surface area (Å²) in [5.74, 6) is 2.60. The molecular weight excluding hydrogens is 721 g/mol. The predicted molar refractivity (Wildman–Crippen MR) is 203 cm³/mol. The van der Waals surface area contributed by atoms with Gasteiger partial charge in [-0.15, -0.1) is 0 Å². The van der Waals surface area contributed by atoms with Crippen molar-refractivity contribution < 1.29 is 32.9 Å². The van der Waals surface area contributed by atoms with E-state index in [1.807, 2.05) is 59.2 Å². The Bertz CT molecular complexity index is 2070. The number of oxazole rings is 1. The summed E-state index contributed by atoms with van der Waals surface area (Å²) in [6, 6.07) is 15.2. The van der Waals surface area contributed by atoms with Crippen molar-refractivity contribution in [3.05, 3.63) is 93.2 Å². The van der Waals surface area contributed by atoms with Crippen molar-refractivity contribution in [2.45, 2.75) is 38.6 Å². The van der Waals surface area contributed by atoms with Gasteiger partial charge in [0.1, 0.15) is 34.2 Å². The molecule has 4 heterocycles. The number of hydrogen-bond donors (Lipinski definition) is 0. The number of carbonyl (C=O) groups excluding carboxylic acids is 1. The molecule has 0 N–H and O–H groups in total. The molecule has 0 saturated carbocycles. The molecule has 1 saturated heterocycles. The predicted octanol–water partition coefficient (Wildman–Crippen LogP) is 7.12. The maximum Gasteiger partial charge on any atom is 0.299 e. The average Bonchev–Trinajstić information content (AvgIpc) is 3.62. The van der Waals surface area contributed by atoms with Gasteiger partial charge in [0.2, 0.25) is 0 Å². The van der Waals surface area contributed by atoms with Crippen LogP contribution in [0.5, 0.6) is 23.0 Å². The molecule has 14 heteroatoms. The maximum atomic E-state index is 14.0. The van der Waals surface area contributed by atoms with Crippen LogP contribution in [0.2, 0.25) is 10.0 Å². The summed E-state index contributed by atoms with van der Waals surface area (Å²) < 4.78 is 35.1. The van der Waals surface area contributed by atoms with E-state index in [0.29, 0.717) is 95.9 Å². The second kappa shape index (κ2) is 15.6. The number of pyridine rings is 1. The summed E-state index contributed by atoms with van der Waals surface area (Å²) in [7, 11) is 6.49. The average molecular weight is 763 g/mol. The topological polar surface area (TPSA) is 112 Å². The number of hydrogen-bond acceptors (Lipinski definition) is 11. The number of methoxy groups -OCH3 is 4. The van der Waals surface area contributed by atoms with Crippen LogP contribution < -0.4 is 28.7 Å². The number of fused-ring (bicyclic) bond motifs is 2. The lowest BCUT2D eigenvalue weighted by atomic mass is 9.93. The third-order valence-corrected chi connectivity index (χ3v) is 10.4. The van der Waals surface area contributed by atoms with Gasteiger partial charge in [-0.25, -0.2) is 0 Å². The van der Waals surface area contributed by atoms with Gasteiger partial charge in [0, 0.05) is 46.4 Å². The molecule has 53 heavy (non-hydrogen) atoms. The van der Waals surface area contributed by atoms with Gasteiger partial charge in [-0.1, -0.05) is 23.2 Å². The molecule has 0 unspecified atom stereocenters. The van der Waals surface area contributed by atoms with Gasteiger partial charge in [-0.2, -0.15) is 4.98 Å². The number of carbonyl (C=O) groups is 1. The number of morpholine rings is 1. The highest BCUT2D eigenvalue weighted by molar-refractivity contribution is 6.35. The van der Waals surface area contributed by atoms with Crippen molar-refractivity contribution in [3.8, 4) is 23.0 Å². The SMILES string of the molecule is COc1ccc(CN(Cc2ccc(OC)cc2OC)c2nc3cncc(N4CCO[C@@H](C(=O)N5CCc6cc(Cl)cc(Cl)c6[C@@H]5C)C4)c3o2)c(OC)c1. The molecule has 0 bridgehead atoms. The summed E-state index contributed by atoms with van der Waals surface area (Å²) in [6.45, 7) is 4.52. The number of halogens is 2. The van der Waals surface area contributed by atoms with Crippen molar-refractivity contribution in [3.63, 3.8) is 0 Å². The summed E-state index contributed by atoms with van der Waals surface area (Å²) in [5, 5.41) is 1.15. The number of nitrogens with zero attached hydrogens (tertiary/aromatic N) is 5. The zero-order valence-corrected chi connectivity index (χ0v) is 31.7. The molecule has 0 radical (unpaired) electrons. The number of anilines is 2. The van der Waals surface area contributed by atoms with E-state index in [2.05, 4.69) is 9.88 Å². The number of aromatic nitrogens is 2. The van der Waals surface area contributed by atoms with Crippen LogP contribution >= 0.6 is 23.2 Å². The maximum absolute atomic E-state index is 14.0. The smallest absolute Gasteiger partial charge is 0.299 e. The summed E-state index contributed by atoms with van der Waals surface area (Å²) in [4.78, 5) is 29.4. The highest BCUT2D eigenvalue weighted by Gasteiger charge is 2.37. The lowest BCUT2D eigenvalue weighted by Crippen LogP contribution is -2.53. The van der Waals surface area contributed by atoms with Crippen LogP contribution in [-0.2, 0) is 29.0 Å². The van der Waals surface area contributed by atoms with Crippen molar-refractivity contribution in [1.82, 2.24) is 14.9 Å². The monoisotopic (exact) mass is 761 g/mol. The molecular formula is C39H41Cl2N5O7. The van der Waals surface area contributed by atoms with E-state index < -0.39 is 6.10 Å². The van der Waals surface area contributed by atoms with Crippen molar-refractivity contribution in [2.75, 3.05) is 64.5 Å². The molecule has 0 spiro atoms. The molecule has 1 amide bonds. The molecule has 2 aliphatic rings. The Labute approximate surface area is 318 Å². The second-order valence-electron chi connectivity index (χ2n) is 12.9. The van der Waals surface area contributed by atoms with Gasteiger partial charge in [-0.3, -0.25) is 9.78 Å². The fourth-order valence-corrected chi connectivity index (χ4v) is 7.86. The summed E-state index contributed by atoms with van der Waals surface area (Å²) >= 11 is 12.9. The number of amides is 1. The van der Waals surface area contributed by atoms with Crippen molar-refractivity contribution >= 4 is 51.9 Å². The van der Waals surface area contributed by atoms with Gasteiger partial charge < -0.3 is 42.8 Å². The highest BCUT2D eigenvalue weighted by Crippen LogP contribution is 2.39. The van der Waals surface area contributed by atoms with Crippen LogP contribution in [0.1, 0.15) is 35.2 Å². The van der Waals surface area contributed by atoms with E-state index in [4.69, 9.17) is 56.3 Å². The minimum absolute atomic E-state index is 0.0923. The minimum Gasteiger partial charge on any atom is -0.497 e. The molecule has 1 fully saturated rings. The van der Waals surface area contributed by atoms with Crippen LogP contribution in [0.25, 0.3) is 11.1 Å². The van der Waals surface area contributed by atoms with E-state index in [9.17, 15) is 4.79 Å². The Balaban J connectivity index is 1.18. The number of benzene rings is 3. The second-order valence-corrected chi connectivity index (χ2v) is 13.8. The number of rotatable bonds is 11. The quantitative estimate of drug-likeness (QED) is 0.137. The van der Waals surface area contributed by atoms with E-state index >= 15 is 0 Å². The Hall–Kier alpha value is -4.91. The molecule has 2 atom stereocenters. The van der Waals surface area contributed by atoms with Gasteiger partial charge in [-0.05, 0) is 60.9 Å². The van der Waals surface area contributed by atoms with Crippen LogP contribution in [-0.4, -0.2) is 81.6 Å². The normalized spacial score (nSPS) is 17.0. The van der Waals surface area contributed by atoms with Gasteiger partial charge in [0.05, 0.1) is 73.1 Å². The highest BCUT2D eigenvalue weighted by atomic mass is 35.5. The fourth-order valence-electron chi connectivity index (χ4n) is 7.16. The van der Waals surface area contributed by atoms with Gasteiger partial charge in [0.15, 0.2) is 11.7 Å². The first-order valence-electron chi connectivity index (χ1n) is 17.3. The lowest BCUT2D eigenvalue weighted by Gasteiger charge is -2.40. The first-order chi connectivity index (χ1) is 25.7. The summed E-state index contributed by atoms with van der Waals surface area (Å²) in [6.07, 6.45) is 3.39. The Kier molecular flexibility index (Phi) is 10.7. The summed E-state index contributed by atoms with van der Waals surface area (Å²) in [5.41, 5.74) is 5.64. The Morgan fingerprint density at radius 1 is 0.906 bits per heavy atom. The number of ether oxygens (including phenoxy) is 5. The standard InChI is InChI=1S/C39H41Cl2N5O7/c1-23-36-24(14-27(40)15-30(36)41)10-11-46(23)38(47)35-22-44(12-13-52-35)32-19-42-18-31-37(32)53-39(43-31)45(20-25-6-8-28(48-2)16-33(25)50-4)21-26-7-9-29(49-3)17-34(26)51-5/h6-9,14-19,23,35H,10-13,20-22H2,1-5H3/t23-,35+/m0/s1.